The lowest BCUT2D eigenvalue weighted by atomic mass is 9.96. The van der Waals surface area contributed by atoms with Gasteiger partial charge in [-0.2, -0.15) is 15.5 Å². The standard InChI is InChI=1S/C22H15N5O/c1-14-3-6-17(11-18(14)13-24)19-20(16-7-4-15(12-23)5-8-16)26-22(28-2)27-10-9-25-21(19)27/h3-11H,1-2H3. The van der Waals surface area contributed by atoms with Crippen LogP contribution in [0, 0.1) is 29.6 Å². The minimum Gasteiger partial charge on any atom is -0.468 e. The monoisotopic (exact) mass is 365 g/mol. The predicted molar refractivity (Wildman–Crippen MR) is 105 cm³/mol. The number of methoxy groups -OCH3 is 1. The highest BCUT2D eigenvalue weighted by molar-refractivity contribution is 5.90. The van der Waals surface area contributed by atoms with E-state index in [0.717, 1.165) is 22.3 Å². The molecular formula is C22H15N5O. The van der Waals surface area contributed by atoms with Gasteiger partial charge in [-0.15, -0.1) is 0 Å². The molecule has 2 heterocycles. The summed E-state index contributed by atoms with van der Waals surface area (Å²) in [5.74, 6) is 0. The molecule has 0 aliphatic heterocycles. The van der Waals surface area contributed by atoms with Crippen molar-refractivity contribution >= 4 is 5.65 Å². The Labute approximate surface area is 161 Å². The Balaban J connectivity index is 2.07. The summed E-state index contributed by atoms with van der Waals surface area (Å²) in [6.45, 7) is 1.90. The van der Waals surface area contributed by atoms with E-state index in [2.05, 4.69) is 17.1 Å². The quantitative estimate of drug-likeness (QED) is 0.545. The van der Waals surface area contributed by atoms with Crippen LogP contribution in [0.1, 0.15) is 16.7 Å². The highest BCUT2D eigenvalue weighted by Gasteiger charge is 2.19. The lowest BCUT2D eigenvalue weighted by molar-refractivity contribution is 0.375. The zero-order valence-corrected chi connectivity index (χ0v) is 15.3. The third-order valence-corrected chi connectivity index (χ3v) is 4.63. The third-order valence-electron chi connectivity index (χ3n) is 4.63. The van der Waals surface area contributed by atoms with Gasteiger partial charge < -0.3 is 4.74 Å². The van der Waals surface area contributed by atoms with Crippen molar-refractivity contribution in [1.82, 2.24) is 14.4 Å². The Kier molecular flexibility index (Phi) is 4.23. The average molecular weight is 365 g/mol. The van der Waals surface area contributed by atoms with Crippen molar-refractivity contribution in [1.29, 1.82) is 10.5 Å². The molecule has 0 N–H and O–H groups in total. The van der Waals surface area contributed by atoms with Crippen molar-refractivity contribution < 1.29 is 4.74 Å². The van der Waals surface area contributed by atoms with Crippen molar-refractivity contribution in [2.45, 2.75) is 6.92 Å². The number of nitrogens with zero attached hydrogens (tertiary/aromatic N) is 5. The second-order valence-electron chi connectivity index (χ2n) is 6.27. The molecule has 0 saturated carbocycles. The molecule has 0 unspecified atom stereocenters. The Bertz CT molecular complexity index is 1270. The van der Waals surface area contributed by atoms with Gasteiger partial charge in [-0.1, -0.05) is 24.3 Å². The molecule has 134 valence electrons. The van der Waals surface area contributed by atoms with Crippen LogP contribution >= 0.6 is 0 Å². The van der Waals surface area contributed by atoms with Crippen LogP contribution in [0.2, 0.25) is 0 Å². The van der Waals surface area contributed by atoms with Crippen LogP contribution in [0.15, 0.2) is 54.9 Å². The zero-order chi connectivity index (χ0) is 19.7. The van der Waals surface area contributed by atoms with E-state index in [1.54, 1.807) is 36.0 Å². The summed E-state index contributed by atoms with van der Waals surface area (Å²) in [5, 5.41) is 18.5. The molecule has 0 aliphatic rings. The molecule has 2 aromatic carbocycles. The summed E-state index contributed by atoms with van der Waals surface area (Å²) in [6.07, 6.45) is 3.47. The highest BCUT2D eigenvalue weighted by atomic mass is 16.5. The summed E-state index contributed by atoms with van der Waals surface area (Å²) in [6, 6.07) is 17.7. The minimum absolute atomic E-state index is 0.406. The first-order chi connectivity index (χ1) is 13.7. The van der Waals surface area contributed by atoms with Crippen LogP contribution in [0.3, 0.4) is 0 Å². The number of hydrogen-bond donors (Lipinski definition) is 0. The molecule has 4 aromatic rings. The average Bonchev–Trinajstić information content (AvgIpc) is 3.23. The second-order valence-corrected chi connectivity index (χ2v) is 6.27. The number of hydrogen-bond acceptors (Lipinski definition) is 5. The molecule has 0 spiro atoms. The normalized spacial score (nSPS) is 10.4. The van der Waals surface area contributed by atoms with Crippen molar-refractivity contribution in [3.63, 3.8) is 0 Å². The lowest BCUT2D eigenvalue weighted by Gasteiger charge is -2.14. The van der Waals surface area contributed by atoms with E-state index in [4.69, 9.17) is 15.0 Å². The fourth-order valence-corrected chi connectivity index (χ4v) is 3.17. The Morgan fingerprint density at radius 2 is 1.75 bits per heavy atom. The fraction of sp³-hybridized carbons (Fsp3) is 0.0909. The minimum atomic E-state index is 0.406. The van der Waals surface area contributed by atoms with E-state index in [1.807, 2.05) is 37.3 Å². The maximum atomic E-state index is 9.45. The molecule has 0 bridgehead atoms. The molecule has 0 saturated heterocycles. The number of fused-ring (bicyclic) bond motifs is 1. The molecule has 6 heteroatoms. The molecule has 0 aliphatic carbocycles. The lowest BCUT2D eigenvalue weighted by Crippen LogP contribution is -2.02. The summed E-state index contributed by atoms with van der Waals surface area (Å²) in [4.78, 5) is 9.22. The maximum Gasteiger partial charge on any atom is 0.302 e. The first-order valence-corrected chi connectivity index (χ1v) is 8.59. The topological polar surface area (TPSA) is 87.0 Å². The smallest absolute Gasteiger partial charge is 0.302 e. The number of benzene rings is 2. The van der Waals surface area contributed by atoms with Gasteiger partial charge >= 0.3 is 6.01 Å². The Hall–Kier alpha value is -4.16. The molecule has 4 rings (SSSR count). The van der Waals surface area contributed by atoms with Gasteiger partial charge in [-0.05, 0) is 36.2 Å². The highest BCUT2D eigenvalue weighted by Crippen LogP contribution is 2.36. The molecule has 6 nitrogen and oxygen atoms in total. The Morgan fingerprint density at radius 1 is 1.00 bits per heavy atom. The van der Waals surface area contributed by atoms with Gasteiger partial charge in [0.1, 0.15) is 0 Å². The first kappa shape index (κ1) is 17.3. The van der Waals surface area contributed by atoms with E-state index >= 15 is 0 Å². The second kappa shape index (κ2) is 6.86. The SMILES string of the molecule is COc1nc(-c2ccc(C#N)cc2)c(-c2ccc(C)c(C#N)c2)c2nccn12. The number of imidazole rings is 1. The van der Waals surface area contributed by atoms with Crippen LogP contribution in [0.25, 0.3) is 28.0 Å². The molecule has 0 fully saturated rings. The molecule has 2 aromatic heterocycles. The number of ether oxygens (including phenoxy) is 1. The van der Waals surface area contributed by atoms with Crippen LogP contribution in [-0.4, -0.2) is 21.5 Å². The third kappa shape index (κ3) is 2.74. The molecule has 28 heavy (non-hydrogen) atoms. The van der Waals surface area contributed by atoms with Gasteiger partial charge in [0, 0.05) is 18.0 Å². The predicted octanol–water partition coefficient (Wildman–Crippen LogP) is 4.12. The van der Waals surface area contributed by atoms with Gasteiger partial charge in [-0.3, -0.25) is 4.40 Å². The van der Waals surface area contributed by atoms with Gasteiger partial charge in [0.25, 0.3) is 0 Å². The van der Waals surface area contributed by atoms with Crippen LogP contribution in [0.4, 0.5) is 0 Å². The van der Waals surface area contributed by atoms with E-state index in [9.17, 15) is 5.26 Å². The summed E-state index contributed by atoms with van der Waals surface area (Å²) >= 11 is 0. The molecule has 0 atom stereocenters. The fourth-order valence-electron chi connectivity index (χ4n) is 3.17. The number of aryl methyl sites for hydroxylation is 1. The van der Waals surface area contributed by atoms with Gasteiger partial charge in [0.05, 0.1) is 41.6 Å². The van der Waals surface area contributed by atoms with Crippen molar-refractivity contribution in [3.05, 3.63) is 71.5 Å². The van der Waals surface area contributed by atoms with Crippen LogP contribution in [0.5, 0.6) is 6.01 Å². The molecular weight excluding hydrogens is 350 g/mol. The van der Waals surface area contributed by atoms with Gasteiger partial charge in [0.15, 0.2) is 5.65 Å². The Morgan fingerprint density at radius 3 is 2.43 bits per heavy atom. The molecule has 0 radical (unpaired) electrons. The summed E-state index contributed by atoms with van der Waals surface area (Å²) in [5.41, 5.74) is 5.90. The largest absolute Gasteiger partial charge is 0.468 e. The van der Waals surface area contributed by atoms with E-state index < -0.39 is 0 Å². The van der Waals surface area contributed by atoms with Gasteiger partial charge in [0.2, 0.25) is 0 Å². The van der Waals surface area contributed by atoms with Gasteiger partial charge in [-0.25, -0.2) is 4.98 Å². The van der Waals surface area contributed by atoms with Crippen molar-refractivity contribution in [2.75, 3.05) is 7.11 Å². The summed E-state index contributed by atoms with van der Waals surface area (Å²) in [7, 11) is 1.56. The van der Waals surface area contributed by atoms with Crippen molar-refractivity contribution in [2.24, 2.45) is 0 Å². The number of aromatic nitrogens is 3. The van der Waals surface area contributed by atoms with Crippen molar-refractivity contribution in [3.8, 4) is 40.5 Å². The maximum absolute atomic E-state index is 9.45. The number of nitriles is 2. The van der Waals surface area contributed by atoms with E-state index in [0.29, 0.717) is 28.5 Å². The molecule has 0 amide bonds. The summed E-state index contributed by atoms with van der Waals surface area (Å²) < 4.78 is 7.23. The van der Waals surface area contributed by atoms with Crippen LogP contribution in [-0.2, 0) is 0 Å². The van der Waals surface area contributed by atoms with E-state index in [1.165, 1.54) is 0 Å². The van der Waals surface area contributed by atoms with Crippen LogP contribution < -0.4 is 4.74 Å². The van der Waals surface area contributed by atoms with E-state index in [-0.39, 0.29) is 0 Å². The first-order valence-electron chi connectivity index (χ1n) is 8.59. The zero-order valence-electron chi connectivity index (χ0n) is 15.3. The number of rotatable bonds is 3.